The highest BCUT2D eigenvalue weighted by molar-refractivity contribution is 5.54. The Morgan fingerprint density at radius 1 is 1.53 bits per heavy atom. The molecule has 1 N–H and O–H groups in total. The molecule has 0 bridgehead atoms. The lowest BCUT2D eigenvalue weighted by Gasteiger charge is -2.08. The van der Waals surface area contributed by atoms with Crippen LogP contribution in [0.4, 0.5) is 0 Å². The summed E-state index contributed by atoms with van der Waals surface area (Å²) in [5.74, 6) is 0.659. The molecule has 0 aliphatic rings. The lowest BCUT2D eigenvalue weighted by atomic mass is 10.2. The predicted molar refractivity (Wildman–Crippen MR) is 63.4 cm³/mol. The van der Waals surface area contributed by atoms with Crippen molar-refractivity contribution in [1.82, 2.24) is 9.88 Å². The number of aromatic nitrogens is 1. The molecule has 15 heavy (non-hydrogen) atoms. The molecule has 0 radical (unpaired) electrons. The second kappa shape index (κ2) is 5.41. The third-order valence-electron chi connectivity index (χ3n) is 2.06. The average Bonchev–Trinajstić information content (AvgIpc) is 2.61. The molecule has 1 heterocycles. The number of H-pyrrole nitrogens is 1. The van der Waals surface area contributed by atoms with Crippen LogP contribution in [-0.2, 0) is 11.3 Å². The fraction of sp³-hybridized carbons (Fsp3) is 0.333. The van der Waals surface area contributed by atoms with Gasteiger partial charge in [-0.1, -0.05) is 6.58 Å². The van der Waals surface area contributed by atoms with Crippen molar-refractivity contribution in [3.05, 3.63) is 41.9 Å². The third kappa shape index (κ3) is 3.64. The van der Waals surface area contributed by atoms with E-state index in [1.165, 1.54) is 11.1 Å². The third-order valence-corrected chi connectivity index (χ3v) is 2.06. The summed E-state index contributed by atoms with van der Waals surface area (Å²) in [7, 11) is 5.72. The molecule has 0 saturated carbocycles. The summed E-state index contributed by atoms with van der Waals surface area (Å²) in [4.78, 5) is 5.23. The number of nitrogens with zero attached hydrogens (tertiary/aromatic N) is 1. The summed E-state index contributed by atoms with van der Waals surface area (Å²) in [5.41, 5.74) is 2.43. The quantitative estimate of drug-likeness (QED) is 0.591. The molecule has 1 rings (SSSR count). The average molecular weight is 206 g/mol. The first-order valence-electron chi connectivity index (χ1n) is 4.85. The number of hydrogen-bond acceptors (Lipinski definition) is 2. The van der Waals surface area contributed by atoms with Crippen molar-refractivity contribution in [2.45, 2.75) is 6.54 Å². The van der Waals surface area contributed by atoms with Gasteiger partial charge in [-0.25, -0.2) is 0 Å². The number of hydrogen-bond donors (Lipinski definition) is 1. The Bertz CT molecular complexity index is 350. The highest BCUT2D eigenvalue weighted by atomic mass is 16.5. The lowest BCUT2D eigenvalue weighted by molar-refractivity contribution is 0.309. The molecule has 3 heteroatoms. The molecule has 0 unspecified atom stereocenters. The van der Waals surface area contributed by atoms with E-state index in [0.29, 0.717) is 5.76 Å². The summed E-state index contributed by atoms with van der Waals surface area (Å²) in [6, 6.07) is 0. The van der Waals surface area contributed by atoms with Gasteiger partial charge in [-0.15, -0.1) is 0 Å². The van der Waals surface area contributed by atoms with Crippen LogP contribution < -0.4 is 0 Å². The van der Waals surface area contributed by atoms with Gasteiger partial charge in [0.25, 0.3) is 0 Å². The highest BCUT2D eigenvalue weighted by Gasteiger charge is 2.01. The van der Waals surface area contributed by atoms with Gasteiger partial charge in [-0.3, -0.25) is 0 Å². The van der Waals surface area contributed by atoms with Crippen molar-refractivity contribution >= 4 is 6.08 Å². The lowest BCUT2D eigenvalue weighted by Crippen LogP contribution is -2.10. The Balaban J connectivity index is 2.72. The van der Waals surface area contributed by atoms with Crippen molar-refractivity contribution < 1.29 is 4.74 Å². The highest BCUT2D eigenvalue weighted by Crippen LogP contribution is 2.12. The zero-order chi connectivity index (χ0) is 11.3. The van der Waals surface area contributed by atoms with Crippen molar-refractivity contribution in [3.63, 3.8) is 0 Å². The van der Waals surface area contributed by atoms with Crippen LogP contribution in [0.15, 0.2) is 30.8 Å². The number of aromatic amines is 1. The fourth-order valence-electron chi connectivity index (χ4n) is 1.29. The zero-order valence-electron chi connectivity index (χ0n) is 9.58. The Kier molecular flexibility index (Phi) is 4.18. The van der Waals surface area contributed by atoms with E-state index in [1.807, 2.05) is 24.5 Å². The first-order chi connectivity index (χ1) is 7.13. The molecular formula is C12H18N2O. The number of methoxy groups -OCH3 is 1. The molecule has 1 aromatic rings. The van der Waals surface area contributed by atoms with Gasteiger partial charge in [-0.05, 0) is 37.4 Å². The summed E-state index contributed by atoms with van der Waals surface area (Å²) in [5, 5.41) is 0. The first-order valence-corrected chi connectivity index (χ1v) is 4.85. The monoisotopic (exact) mass is 206 g/mol. The molecular weight excluding hydrogens is 188 g/mol. The summed E-state index contributed by atoms with van der Waals surface area (Å²) in [6.45, 7) is 4.65. The summed E-state index contributed by atoms with van der Waals surface area (Å²) >= 11 is 0. The molecule has 0 aliphatic carbocycles. The van der Waals surface area contributed by atoms with Gasteiger partial charge in [0.1, 0.15) is 5.76 Å². The van der Waals surface area contributed by atoms with Crippen LogP contribution in [0.2, 0.25) is 0 Å². The van der Waals surface area contributed by atoms with Crippen LogP contribution in [0, 0.1) is 0 Å². The minimum Gasteiger partial charge on any atom is -0.497 e. The van der Waals surface area contributed by atoms with Gasteiger partial charge >= 0.3 is 0 Å². The molecule has 0 atom stereocenters. The minimum absolute atomic E-state index is 0.659. The summed E-state index contributed by atoms with van der Waals surface area (Å²) in [6.07, 6.45) is 7.84. The molecule has 0 amide bonds. The van der Waals surface area contributed by atoms with Crippen LogP contribution in [0.5, 0.6) is 0 Å². The molecule has 1 aromatic heterocycles. The van der Waals surface area contributed by atoms with E-state index < -0.39 is 0 Å². The van der Waals surface area contributed by atoms with Gasteiger partial charge in [0.05, 0.1) is 7.11 Å². The Hall–Kier alpha value is -1.48. The van der Waals surface area contributed by atoms with Gasteiger partial charge in [0.15, 0.2) is 0 Å². The minimum atomic E-state index is 0.659. The first kappa shape index (κ1) is 11.6. The van der Waals surface area contributed by atoms with E-state index in [4.69, 9.17) is 4.74 Å². The number of rotatable bonds is 5. The van der Waals surface area contributed by atoms with E-state index in [0.717, 1.165) is 6.54 Å². The number of allylic oxidation sites excluding steroid dienone is 1. The van der Waals surface area contributed by atoms with Crippen LogP contribution in [0.25, 0.3) is 6.08 Å². The van der Waals surface area contributed by atoms with Gasteiger partial charge in [0, 0.05) is 18.9 Å². The molecule has 0 spiro atoms. The van der Waals surface area contributed by atoms with Crippen molar-refractivity contribution in [2.75, 3.05) is 21.2 Å². The van der Waals surface area contributed by atoms with Crippen LogP contribution >= 0.6 is 0 Å². The number of nitrogens with one attached hydrogen (secondary N) is 1. The smallest absolute Gasteiger partial charge is 0.111 e. The van der Waals surface area contributed by atoms with Gasteiger partial charge in [-0.2, -0.15) is 0 Å². The second-order valence-corrected chi connectivity index (χ2v) is 3.68. The van der Waals surface area contributed by atoms with Gasteiger partial charge < -0.3 is 14.6 Å². The van der Waals surface area contributed by atoms with Gasteiger partial charge in [0.2, 0.25) is 0 Å². The van der Waals surface area contributed by atoms with Crippen LogP contribution in [0.1, 0.15) is 11.1 Å². The SMILES string of the molecule is C=C(C=Cc1c[nH]cc1CN(C)C)OC. The van der Waals surface area contributed by atoms with Crippen LogP contribution in [0.3, 0.4) is 0 Å². The Labute approximate surface area is 91.1 Å². The number of ether oxygens (including phenoxy) is 1. The van der Waals surface area contributed by atoms with E-state index in [9.17, 15) is 0 Å². The molecule has 0 aliphatic heterocycles. The zero-order valence-corrected chi connectivity index (χ0v) is 9.58. The topological polar surface area (TPSA) is 28.3 Å². The van der Waals surface area contributed by atoms with E-state index in [-0.39, 0.29) is 0 Å². The maximum atomic E-state index is 4.97. The predicted octanol–water partition coefficient (Wildman–Crippen LogP) is 2.25. The van der Waals surface area contributed by atoms with Crippen LogP contribution in [-0.4, -0.2) is 31.1 Å². The summed E-state index contributed by atoms with van der Waals surface area (Å²) < 4.78 is 4.97. The Morgan fingerprint density at radius 2 is 2.27 bits per heavy atom. The molecule has 3 nitrogen and oxygen atoms in total. The largest absolute Gasteiger partial charge is 0.497 e. The van der Waals surface area contributed by atoms with E-state index >= 15 is 0 Å². The molecule has 82 valence electrons. The molecule has 0 fully saturated rings. The maximum Gasteiger partial charge on any atom is 0.111 e. The van der Waals surface area contributed by atoms with Crippen molar-refractivity contribution in [2.24, 2.45) is 0 Å². The molecule has 0 aromatic carbocycles. The maximum absolute atomic E-state index is 4.97. The fourth-order valence-corrected chi connectivity index (χ4v) is 1.29. The van der Waals surface area contributed by atoms with E-state index in [1.54, 1.807) is 7.11 Å². The Morgan fingerprint density at radius 3 is 2.87 bits per heavy atom. The molecule has 0 saturated heterocycles. The van der Waals surface area contributed by atoms with Crippen molar-refractivity contribution in [1.29, 1.82) is 0 Å². The van der Waals surface area contributed by atoms with E-state index in [2.05, 4.69) is 30.6 Å². The standard InChI is InChI=1S/C12H18N2O/c1-10(15-4)5-6-11-7-13-8-12(11)9-14(2)3/h5-8,13H,1,9H2,2-4H3. The second-order valence-electron chi connectivity index (χ2n) is 3.68. The normalized spacial score (nSPS) is 11.2. The van der Waals surface area contributed by atoms with Crippen molar-refractivity contribution in [3.8, 4) is 0 Å².